The zero-order chi connectivity index (χ0) is 5.11. The lowest BCUT2D eigenvalue weighted by molar-refractivity contribution is 0.0972. The summed E-state index contributed by atoms with van der Waals surface area (Å²) in [5.41, 5.74) is 2.49. The summed E-state index contributed by atoms with van der Waals surface area (Å²) in [5.74, 6) is 0. The van der Waals surface area contributed by atoms with Crippen LogP contribution in [0.25, 0.3) is 0 Å². The van der Waals surface area contributed by atoms with Gasteiger partial charge in [-0.3, -0.25) is 0 Å². The fourth-order valence-electron chi connectivity index (χ4n) is 0.409. The van der Waals surface area contributed by atoms with E-state index in [2.05, 4.69) is 10.3 Å². The predicted molar refractivity (Wildman–Crippen MR) is 22.8 cm³/mol. The SMILES string of the molecule is N#CC1[CH]CON1. The lowest BCUT2D eigenvalue weighted by atomic mass is 10.3. The van der Waals surface area contributed by atoms with Crippen molar-refractivity contribution in [2.75, 3.05) is 6.61 Å². The van der Waals surface area contributed by atoms with E-state index in [4.69, 9.17) is 5.26 Å². The van der Waals surface area contributed by atoms with E-state index in [0.29, 0.717) is 6.61 Å². The van der Waals surface area contributed by atoms with E-state index >= 15 is 0 Å². The van der Waals surface area contributed by atoms with E-state index in [0.717, 1.165) is 0 Å². The third-order valence-corrected chi connectivity index (χ3v) is 0.765. The first-order valence-electron chi connectivity index (χ1n) is 2.04. The molecule has 7 heavy (non-hydrogen) atoms. The highest BCUT2D eigenvalue weighted by molar-refractivity contribution is 5.00. The highest BCUT2D eigenvalue weighted by atomic mass is 16.7. The van der Waals surface area contributed by atoms with E-state index in [1.807, 2.05) is 6.07 Å². The van der Waals surface area contributed by atoms with Crippen molar-refractivity contribution in [1.82, 2.24) is 5.48 Å². The van der Waals surface area contributed by atoms with Gasteiger partial charge < -0.3 is 4.84 Å². The number of nitriles is 1. The Morgan fingerprint density at radius 2 is 2.86 bits per heavy atom. The Bertz CT molecular complexity index is 90.4. The lowest BCUT2D eigenvalue weighted by Gasteiger charge is -1.89. The van der Waals surface area contributed by atoms with Crippen molar-refractivity contribution in [3.05, 3.63) is 6.42 Å². The number of nitrogens with zero attached hydrogens (tertiary/aromatic N) is 1. The van der Waals surface area contributed by atoms with Crippen molar-refractivity contribution in [2.45, 2.75) is 6.04 Å². The summed E-state index contributed by atoms with van der Waals surface area (Å²) in [6.45, 7) is 0.540. The van der Waals surface area contributed by atoms with Gasteiger partial charge in [0.05, 0.1) is 12.7 Å². The van der Waals surface area contributed by atoms with E-state index in [9.17, 15) is 0 Å². The molecule has 1 aliphatic heterocycles. The smallest absolute Gasteiger partial charge is 0.124 e. The second-order valence-electron chi connectivity index (χ2n) is 1.27. The van der Waals surface area contributed by atoms with Crippen molar-refractivity contribution >= 4 is 0 Å². The molecule has 1 saturated heterocycles. The molecule has 0 saturated carbocycles. The minimum atomic E-state index is -0.194. The molecule has 0 aromatic carbocycles. The molecule has 1 aliphatic rings. The van der Waals surface area contributed by atoms with Gasteiger partial charge in [0.15, 0.2) is 0 Å². The molecule has 0 spiro atoms. The lowest BCUT2D eigenvalue weighted by Crippen LogP contribution is -2.17. The largest absolute Gasteiger partial charge is 0.300 e. The molecular formula is C4H5N2O. The quantitative estimate of drug-likeness (QED) is 0.448. The monoisotopic (exact) mass is 97.0 g/mol. The van der Waals surface area contributed by atoms with Gasteiger partial charge in [-0.05, 0) is 0 Å². The molecule has 0 amide bonds. The Morgan fingerprint density at radius 3 is 3.14 bits per heavy atom. The van der Waals surface area contributed by atoms with Crippen LogP contribution >= 0.6 is 0 Å². The molecule has 1 rings (SSSR count). The Labute approximate surface area is 41.8 Å². The van der Waals surface area contributed by atoms with Crippen molar-refractivity contribution in [1.29, 1.82) is 5.26 Å². The molecule has 3 nitrogen and oxygen atoms in total. The van der Waals surface area contributed by atoms with Crippen LogP contribution in [0.1, 0.15) is 0 Å². The van der Waals surface area contributed by atoms with E-state index in [1.54, 1.807) is 6.42 Å². The van der Waals surface area contributed by atoms with Crippen molar-refractivity contribution in [2.24, 2.45) is 0 Å². The van der Waals surface area contributed by atoms with Crippen molar-refractivity contribution < 1.29 is 4.84 Å². The summed E-state index contributed by atoms with van der Waals surface area (Å²) >= 11 is 0. The molecular weight excluding hydrogens is 92.1 g/mol. The standard InChI is InChI=1S/C4H5N2O/c5-3-4-1-2-7-6-4/h1,4,6H,2H2. The molecule has 3 heteroatoms. The van der Waals surface area contributed by atoms with Crippen molar-refractivity contribution in [3.63, 3.8) is 0 Å². The Morgan fingerprint density at radius 1 is 2.00 bits per heavy atom. The Kier molecular flexibility index (Phi) is 1.25. The normalized spacial score (nSPS) is 29.9. The third-order valence-electron chi connectivity index (χ3n) is 0.765. The van der Waals surface area contributed by atoms with Gasteiger partial charge in [-0.25, -0.2) is 0 Å². The second kappa shape index (κ2) is 1.92. The first kappa shape index (κ1) is 4.57. The molecule has 0 bridgehead atoms. The molecule has 0 aromatic rings. The van der Waals surface area contributed by atoms with Gasteiger partial charge in [0, 0.05) is 6.42 Å². The maximum absolute atomic E-state index is 8.14. The zero-order valence-corrected chi connectivity index (χ0v) is 3.72. The van der Waals surface area contributed by atoms with Crippen LogP contribution in [0.5, 0.6) is 0 Å². The summed E-state index contributed by atoms with van der Waals surface area (Å²) in [6.07, 6.45) is 1.76. The van der Waals surface area contributed by atoms with Crippen LogP contribution in [0.2, 0.25) is 0 Å². The van der Waals surface area contributed by atoms with Gasteiger partial charge in [0.2, 0.25) is 0 Å². The van der Waals surface area contributed by atoms with Crippen LogP contribution in [-0.4, -0.2) is 12.6 Å². The fourth-order valence-corrected chi connectivity index (χ4v) is 0.409. The summed E-state index contributed by atoms with van der Waals surface area (Å²) in [6, 6.07) is 1.78. The zero-order valence-electron chi connectivity index (χ0n) is 3.72. The van der Waals surface area contributed by atoms with Crippen LogP contribution in [0.3, 0.4) is 0 Å². The molecule has 1 N–H and O–H groups in total. The van der Waals surface area contributed by atoms with Gasteiger partial charge in [0.1, 0.15) is 6.04 Å². The minimum Gasteiger partial charge on any atom is -0.300 e. The molecule has 1 atom stereocenters. The fraction of sp³-hybridized carbons (Fsp3) is 0.500. The highest BCUT2D eigenvalue weighted by Gasteiger charge is 2.12. The topological polar surface area (TPSA) is 45.0 Å². The summed E-state index contributed by atoms with van der Waals surface area (Å²) in [4.78, 5) is 4.62. The van der Waals surface area contributed by atoms with Gasteiger partial charge in [-0.1, -0.05) is 0 Å². The van der Waals surface area contributed by atoms with Crippen LogP contribution in [-0.2, 0) is 4.84 Å². The molecule has 0 aromatic heterocycles. The predicted octanol–water partition coefficient (Wildman–Crippen LogP) is -0.382. The second-order valence-corrected chi connectivity index (χ2v) is 1.27. The minimum absolute atomic E-state index is 0.194. The van der Waals surface area contributed by atoms with E-state index in [-0.39, 0.29) is 6.04 Å². The number of nitrogens with one attached hydrogen (secondary N) is 1. The summed E-state index contributed by atoms with van der Waals surface area (Å²) in [5, 5.41) is 8.14. The average Bonchev–Trinajstić information content (AvgIpc) is 2.14. The first-order chi connectivity index (χ1) is 3.43. The first-order valence-corrected chi connectivity index (χ1v) is 2.04. The van der Waals surface area contributed by atoms with E-state index < -0.39 is 0 Å². The average molecular weight is 97.1 g/mol. The van der Waals surface area contributed by atoms with Crippen LogP contribution in [0.4, 0.5) is 0 Å². The van der Waals surface area contributed by atoms with Gasteiger partial charge >= 0.3 is 0 Å². The van der Waals surface area contributed by atoms with Gasteiger partial charge in [-0.2, -0.15) is 10.7 Å². The molecule has 1 unspecified atom stereocenters. The highest BCUT2D eigenvalue weighted by Crippen LogP contribution is 1.95. The molecule has 37 valence electrons. The molecule has 1 radical (unpaired) electrons. The summed E-state index contributed by atoms with van der Waals surface area (Å²) in [7, 11) is 0. The number of hydrogen-bond donors (Lipinski definition) is 1. The number of rotatable bonds is 0. The third kappa shape index (κ3) is 0.889. The molecule has 0 aliphatic carbocycles. The maximum Gasteiger partial charge on any atom is 0.124 e. The molecule has 1 fully saturated rings. The van der Waals surface area contributed by atoms with Gasteiger partial charge in [0.25, 0.3) is 0 Å². The van der Waals surface area contributed by atoms with Crippen LogP contribution in [0.15, 0.2) is 0 Å². The van der Waals surface area contributed by atoms with E-state index in [1.165, 1.54) is 0 Å². The van der Waals surface area contributed by atoms with Crippen molar-refractivity contribution in [3.8, 4) is 6.07 Å². The van der Waals surface area contributed by atoms with Crippen LogP contribution < -0.4 is 5.48 Å². The Hall–Kier alpha value is -0.590. The van der Waals surface area contributed by atoms with Gasteiger partial charge in [-0.15, -0.1) is 0 Å². The molecule has 1 heterocycles. The Balaban J connectivity index is 2.31. The van der Waals surface area contributed by atoms with Crippen LogP contribution in [0, 0.1) is 17.8 Å². The number of hydrogen-bond acceptors (Lipinski definition) is 3. The maximum atomic E-state index is 8.14. The number of hydroxylamine groups is 1. The summed E-state index contributed by atoms with van der Waals surface area (Å²) < 4.78 is 0.